The zero-order chi connectivity index (χ0) is 12.0. The number of carbonyl (C=O) groups excluding carboxylic acids is 1. The Kier molecular flexibility index (Phi) is 2.51. The average molecular weight is 234 g/mol. The van der Waals surface area contributed by atoms with Gasteiger partial charge in [-0.05, 0) is 24.7 Å². The molecule has 0 N–H and O–H groups in total. The zero-order valence-electron chi connectivity index (χ0n) is 8.88. The molecule has 0 saturated heterocycles. The number of esters is 1. The van der Waals surface area contributed by atoms with Crippen LogP contribution in [0.15, 0.2) is 12.2 Å². The Morgan fingerprint density at radius 3 is 2.56 bits per heavy atom. The Morgan fingerprint density at radius 2 is 2.19 bits per heavy atom. The van der Waals surface area contributed by atoms with Crippen LogP contribution in [0.1, 0.15) is 19.3 Å². The minimum absolute atomic E-state index is 0.0206. The fourth-order valence-corrected chi connectivity index (χ4v) is 2.91. The average Bonchev–Trinajstić information content (AvgIpc) is 2.76. The van der Waals surface area contributed by atoms with Gasteiger partial charge in [-0.25, -0.2) is 0 Å². The van der Waals surface area contributed by atoms with Crippen molar-refractivity contribution in [2.45, 2.75) is 25.4 Å². The molecule has 2 aliphatic carbocycles. The van der Waals surface area contributed by atoms with Crippen molar-refractivity contribution in [2.75, 3.05) is 7.11 Å². The van der Waals surface area contributed by atoms with E-state index in [1.165, 1.54) is 0 Å². The van der Waals surface area contributed by atoms with Gasteiger partial charge in [-0.2, -0.15) is 13.2 Å². The molecular weight excluding hydrogens is 221 g/mol. The molecule has 2 bridgehead atoms. The molecule has 0 aliphatic heterocycles. The van der Waals surface area contributed by atoms with E-state index in [0.717, 1.165) is 7.11 Å². The number of carbonyl (C=O) groups is 1. The zero-order valence-corrected chi connectivity index (χ0v) is 8.88. The molecule has 3 atom stereocenters. The largest absolute Gasteiger partial charge is 0.469 e. The number of rotatable bonds is 2. The van der Waals surface area contributed by atoms with Crippen LogP contribution < -0.4 is 0 Å². The molecule has 0 radical (unpaired) electrons. The number of allylic oxidation sites excluding steroid dienone is 2. The maximum Gasteiger partial charge on any atom is 0.395 e. The first-order chi connectivity index (χ1) is 7.39. The lowest BCUT2D eigenvalue weighted by molar-refractivity contribution is -0.237. The highest BCUT2D eigenvalue weighted by Crippen LogP contribution is 2.61. The number of alkyl halides is 3. The molecular formula is C11H13F3O2. The molecule has 1 saturated carbocycles. The normalized spacial score (nSPS) is 36.8. The van der Waals surface area contributed by atoms with Gasteiger partial charge in [0.1, 0.15) is 0 Å². The van der Waals surface area contributed by atoms with Crippen molar-refractivity contribution >= 4 is 5.97 Å². The molecule has 0 heterocycles. The highest BCUT2D eigenvalue weighted by atomic mass is 19.4. The summed E-state index contributed by atoms with van der Waals surface area (Å²) < 4.78 is 43.8. The lowest BCUT2D eigenvalue weighted by Gasteiger charge is -2.36. The van der Waals surface area contributed by atoms with Gasteiger partial charge in [0.05, 0.1) is 18.9 Å². The van der Waals surface area contributed by atoms with Gasteiger partial charge in [0.15, 0.2) is 0 Å². The minimum atomic E-state index is -4.34. The van der Waals surface area contributed by atoms with Crippen LogP contribution in [0.25, 0.3) is 0 Å². The second-order valence-electron chi connectivity index (χ2n) is 4.60. The fourth-order valence-electron chi connectivity index (χ4n) is 2.91. The van der Waals surface area contributed by atoms with E-state index in [9.17, 15) is 18.0 Å². The van der Waals surface area contributed by atoms with Gasteiger partial charge in [-0.1, -0.05) is 12.2 Å². The van der Waals surface area contributed by atoms with Crippen molar-refractivity contribution in [1.82, 2.24) is 0 Å². The van der Waals surface area contributed by atoms with Crippen molar-refractivity contribution in [3.63, 3.8) is 0 Å². The summed E-state index contributed by atoms with van der Waals surface area (Å²) in [5, 5.41) is 0. The summed E-state index contributed by atoms with van der Waals surface area (Å²) in [6, 6.07) is 0. The SMILES string of the molecule is COC(=O)CC1(C(F)(F)F)CC2C=CC1C2. The smallest absolute Gasteiger partial charge is 0.395 e. The fraction of sp³-hybridized carbons (Fsp3) is 0.727. The minimum Gasteiger partial charge on any atom is -0.469 e. The molecule has 0 amide bonds. The molecule has 2 rings (SSSR count). The van der Waals surface area contributed by atoms with Gasteiger partial charge in [-0.3, -0.25) is 4.79 Å². The van der Waals surface area contributed by atoms with E-state index < -0.39 is 29.9 Å². The van der Waals surface area contributed by atoms with Gasteiger partial charge in [0.25, 0.3) is 0 Å². The van der Waals surface area contributed by atoms with Gasteiger partial charge in [0, 0.05) is 0 Å². The Labute approximate surface area is 91.5 Å². The summed E-state index contributed by atoms with van der Waals surface area (Å²) in [5.41, 5.74) is -1.89. The van der Waals surface area contributed by atoms with E-state index in [1.54, 1.807) is 6.08 Å². The topological polar surface area (TPSA) is 26.3 Å². The summed E-state index contributed by atoms with van der Waals surface area (Å²) in [4.78, 5) is 11.1. The highest BCUT2D eigenvalue weighted by Gasteiger charge is 2.64. The quantitative estimate of drug-likeness (QED) is 0.542. The number of halogens is 3. The summed E-state index contributed by atoms with van der Waals surface area (Å²) in [6.45, 7) is 0. The molecule has 3 unspecified atom stereocenters. The first kappa shape index (κ1) is 11.5. The van der Waals surface area contributed by atoms with Crippen molar-refractivity contribution in [3.8, 4) is 0 Å². The number of fused-ring (bicyclic) bond motifs is 2. The van der Waals surface area contributed by atoms with Crippen LogP contribution in [0, 0.1) is 17.3 Å². The van der Waals surface area contributed by atoms with Crippen molar-refractivity contribution in [3.05, 3.63) is 12.2 Å². The number of hydrogen-bond acceptors (Lipinski definition) is 2. The standard InChI is InChI=1S/C11H13F3O2/c1-16-9(15)6-10(11(12,13)14)5-7-2-3-8(10)4-7/h2-3,7-8H,4-6H2,1H3. The lowest BCUT2D eigenvalue weighted by Crippen LogP contribution is -2.43. The maximum absolute atomic E-state index is 13.1. The summed E-state index contributed by atoms with van der Waals surface area (Å²) in [7, 11) is 1.12. The van der Waals surface area contributed by atoms with Gasteiger partial charge in [-0.15, -0.1) is 0 Å². The molecule has 0 aromatic heterocycles. The Morgan fingerprint density at radius 1 is 1.50 bits per heavy atom. The third kappa shape index (κ3) is 1.53. The van der Waals surface area contributed by atoms with Crippen molar-refractivity contribution < 1.29 is 22.7 Å². The lowest BCUT2D eigenvalue weighted by atomic mass is 9.72. The third-order valence-corrected chi connectivity index (χ3v) is 3.76. The van der Waals surface area contributed by atoms with Crippen LogP contribution >= 0.6 is 0 Å². The Balaban J connectivity index is 2.28. The van der Waals surface area contributed by atoms with Crippen LogP contribution in [-0.2, 0) is 9.53 Å². The molecule has 5 heteroatoms. The van der Waals surface area contributed by atoms with E-state index in [4.69, 9.17) is 0 Å². The van der Waals surface area contributed by atoms with Crippen LogP contribution in [0.4, 0.5) is 13.2 Å². The Bertz CT molecular complexity index is 335. The molecule has 2 nitrogen and oxygen atoms in total. The van der Waals surface area contributed by atoms with Crippen LogP contribution in [0.5, 0.6) is 0 Å². The molecule has 0 aromatic rings. The second-order valence-corrected chi connectivity index (χ2v) is 4.60. The number of ether oxygens (including phenoxy) is 1. The van der Waals surface area contributed by atoms with E-state index in [1.807, 2.05) is 6.08 Å². The summed E-state index contributed by atoms with van der Waals surface area (Å²) in [5.74, 6) is -1.37. The summed E-state index contributed by atoms with van der Waals surface area (Å²) >= 11 is 0. The summed E-state index contributed by atoms with van der Waals surface area (Å²) in [6.07, 6.45) is -0.941. The predicted molar refractivity (Wildman–Crippen MR) is 50.5 cm³/mol. The Hall–Kier alpha value is -1.00. The van der Waals surface area contributed by atoms with E-state index >= 15 is 0 Å². The molecule has 1 fully saturated rings. The first-order valence-corrected chi connectivity index (χ1v) is 5.21. The van der Waals surface area contributed by atoms with Gasteiger partial charge in [0.2, 0.25) is 0 Å². The molecule has 0 spiro atoms. The first-order valence-electron chi connectivity index (χ1n) is 5.21. The monoisotopic (exact) mass is 234 g/mol. The van der Waals surface area contributed by atoms with Crippen LogP contribution in [0.2, 0.25) is 0 Å². The van der Waals surface area contributed by atoms with Crippen LogP contribution in [-0.4, -0.2) is 19.3 Å². The molecule has 90 valence electrons. The molecule has 0 aromatic carbocycles. The van der Waals surface area contributed by atoms with E-state index in [2.05, 4.69) is 4.74 Å². The maximum atomic E-state index is 13.1. The molecule has 2 aliphatic rings. The third-order valence-electron chi connectivity index (χ3n) is 3.76. The number of hydrogen-bond donors (Lipinski definition) is 0. The second kappa shape index (κ2) is 3.50. The predicted octanol–water partition coefficient (Wildman–Crippen LogP) is 2.69. The van der Waals surface area contributed by atoms with Gasteiger partial charge < -0.3 is 4.74 Å². The van der Waals surface area contributed by atoms with Crippen molar-refractivity contribution in [1.29, 1.82) is 0 Å². The number of methoxy groups -OCH3 is 1. The van der Waals surface area contributed by atoms with Gasteiger partial charge >= 0.3 is 12.1 Å². The van der Waals surface area contributed by atoms with E-state index in [-0.39, 0.29) is 12.3 Å². The molecule has 16 heavy (non-hydrogen) atoms. The van der Waals surface area contributed by atoms with Crippen molar-refractivity contribution in [2.24, 2.45) is 17.3 Å². The van der Waals surface area contributed by atoms with Crippen LogP contribution in [0.3, 0.4) is 0 Å². The highest BCUT2D eigenvalue weighted by molar-refractivity contribution is 5.70. The van der Waals surface area contributed by atoms with E-state index in [0.29, 0.717) is 6.42 Å².